The molecule has 1 aliphatic rings. The van der Waals surface area contributed by atoms with Gasteiger partial charge < -0.3 is 10.2 Å². The van der Waals surface area contributed by atoms with Gasteiger partial charge in [0.05, 0.1) is 11.9 Å². The van der Waals surface area contributed by atoms with Crippen LogP contribution in [0.25, 0.3) is 0 Å². The van der Waals surface area contributed by atoms with Crippen molar-refractivity contribution < 1.29 is 9.59 Å². The lowest BCUT2D eigenvalue weighted by Gasteiger charge is -2.19. The Morgan fingerprint density at radius 2 is 1.89 bits per heavy atom. The lowest BCUT2D eigenvalue weighted by Crippen LogP contribution is -2.40. The summed E-state index contributed by atoms with van der Waals surface area (Å²) in [5.74, 6) is -1.02. The number of amides is 2. The molecule has 0 aliphatic carbocycles. The van der Waals surface area contributed by atoms with Gasteiger partial charge in [0.15, 0.2) is 0 Å². The van der Waals surface area contributed by atoms with Gasteiger partial charge in [-0.25, -0.2) is 0 Å². The molecule has 1 N–H and O–H groups in total. The van der Waals surface area contributed by atoms with E-state index < -0.39 is 11.8 Å². The van der Waals surface area contributed by atoms with E-state index in [2.05, 4.69) is 10.3 Å². The molecule has 1 saturated heterocycles. The summed E-state index contributed by atoms with van der Waals surface area (Å²) < 4.78 is 0. The first kappa shape index (κ1) is 12.5. The summed E-state index contributed by atoms with van der Waals surface area (Å²) in [6.07, 6.45) is 7.36. The van der Waals surface area contributed by atoms with Crippen LogP contribution in [0.15, 0.2) is 24.5 Å². The summed E-state index contributed by atoms with van der Waals surface area (Å²) >= 11 is 0. The van der Waals surface area contributed by atoms with Gasteiger partial charge >= 0.3 is 11.8 Å². The van der Waals surface area contributed by atoms with Gasteiger partial charge in [0.2, 0.25) is 0 Å². The number of aromatic nitrogens is 1. The molecule has 0 saturated carbocycles. The van der Waals surface area contributed by atoms with E-state index in [1.54, 1.807) is 23.2 Å². The van der Waals surface area contributed by atoms with E-state index in [9.17, 15) is 9.59 Å². The number of likely N-dealkylation sites (tertiary alicyclic amines) is 1. The van der Waals surface area contributed by atoms with Crippen LogP contribution in [-0.2, 0) is 9.59 Å². The first-order valence-electron chi connectivity index (χ1n) is 6.27. The SMILES string of the molecule is O=C(Nc1cccnc1)C(=O)N1CCCCCC1. The zero-order valence-electron chi connectivity index (χ0n) is 10.3. The Labute approximate surface area is 106 Å². The minimum atomic E-state index is -0.579. The summed E-state index contributed by atoms with van der Waals surface area (Å²) in [6.45, 7) is 1.36. The highest BCUT2D eigenvalue weighted by Crippen LogP contribution is 2.10. The summed E-state index contributed by atoms with van der Waals surface area (Å²) in [7, 11) is 0. The fourth-order valence-corrected chi connectivity index (χ4v) is 2.04. The van der Waals surface area contributed by atoms with Gasteiger partial charge in [-0.05, 0) is 25.0 Å². The molecule has 1 aromatic rings. The lowest BCUT2D eigenvalue weighted by atomic mass is 10.2. The molecule has 0 bridgehead atoms. The first-order valence-corrected chi connectivity index (χ1v) is 6.27. The molecule has 1 fully saturated rings. The smallest absolute Gasteiger partial charge is 0.313 e. The van der Waals surface area contributed by atoms with Gasteiger partial charge in [0.1, 0.15) is 0 Å². The summed E-state index contributed by atoms with van der Waals surface area (Å²) in [6, 6.07) is 3.42. The predicted molar refractivity (Wildman–Crippen MR) is 67.9 cm³/mol. The van der Waals surface area contributed by atoms with Crippen molar-refractivity contribution in [3.8, 4) is 0 Å². The standard InChI is InChI=1S/C13H17N3O2/c17-12(15-11-6-5-7-14-10-11)13(18)16-8-3-1-2-4-9-16/h5-7,10H,1-4,8-9H2,(H,15,17). The molecule has 5 heteroatoms. The van der Waals surface area contributed by atoms with E-state index in [-0.39, 0.29) is 0 Å². The molecule has 2 heterocycles. The molecular weight excluding hydrogens is 230 g/mol. The molecule has 0 aromatic carbocycles. The normalized spacial score (nSPS) is 15.9. The molecule has 2 amide bonds. The molecule has 18 heavy (non-hydrogen) atoms. The second kappa shape index (κ2) is 6.14. The van der Waals surface area contributed by atoms with E-state index in [1.807, 2.05) is 0 Å². The monoisotopic (exact) mass is 247 g/mol. The molecule has 2 rings (SSSR count). The maximum atomic E-state index is 11.9. The third kappa shape index (κ3) is 3.29. The zero-order valence-corrected chi connectivity index (χ0v) is 10.3. The van der Waals surface area contributed by atoms with Crippen LogP contribution in [0.3, 0.4) is 0 Å². The summed E-state index contributed by atoms with van der Waals surface area (Å²) in [5.41, 5.74) is 0.547. The van der Waals surface area contributed by atoms with Gasteiger partial charge in [-0.3, -0.25) is 14.6 Å². The fraction of sp³-hybridized carbons (Fsp3) is 0.462. The van der Waals surface area contributed by atoms with Crippen LogP contribution < -0.4 is 5.32 Å². The average molecular weight is 247 g/mol. The van der Waals surface area contributed by atoms with Gasteiger partial charge in [0.25, 0.3) is 0 Å². The van der Waals surface area contributed by atoms with Gasteiger partial charge in [-0.15, -0.1) is 0 Å². The maximum absolute atomic E-state index is 11.9. The average Bonchev–Trinajstić information content (AvgIpc) is 2.68. The number of nitrogens with zero attached hydrogens (tertiary/aromatic N) is 2. The van der Waals surface area contributed by atoms with Crippen molar-refractivity contribution in [2.45, 2.75) is 25.7 Å². The van der Waals surface area contributed by atoms with Gasteiger partial charge in [-0.1, -0.05) is 12.8 Å². The van der Waals surface area contributed by atoms with Crippen LogP contribution in [0, 0.1) is 0 Å². The Kier molecular flexibility index (Phi) is 4.28. The molecule has 0 atom stereocenters. The van der Waals surface area contributed by atoms with Crippen molar-refractivity contribution in [1.82, 2.24) is 9.88 Å². The van der Waals surface area contributed by atoms with Crippen LogP contribution in [0.2, 0.25) is 0 Å². The highest BCUT2D eigenvalue weighted by molar-refractivity contribution is 6.39. The van der Waals surface area contributed by atoms with Crippen molar-refractivity contribution in [3.63, 3.8) is 0 Å². The number of hydrogen-bond donors (Lipinski definition) is 1. The Balaban J connectivity index is 1.93. The number of hydrogen-bond acceptors (Lipinski definition) is 3. The van der Waals surface area contributed by atoms with Crippen LogP contribution in [0.1, 0.15) is 25.7 Å². The molecule has 96 valence electrons. The number of carbonyl (C=O) groups is 2. The van der Waals surface area contributed by atoms with Crippen LogP contribution >= 0.6 is 0 Å². The van der Waals surface area contributed by atoms with E-state index in [0.717, 1.165) is 25.7 Å². The quantitative estimate of drug-likeness (QED) is 0.763. The summed E-state index contributed by atoms with van der Waals surface area (Å²) in [4.78, 5) is 29.3. The second-order valence-electron chi connectivity index (χ2n) is 4.40. The number of rotatable bonds is 1. The largest absolute Gasteiger partial charge is 0.334 e. The number of nitrogens with one attached hydrogen (secondary N) is 1. The first-order chi connectivity index (χ1) is 8.77. The van der Waals surface area contributed by atoms with E-state index in [0.29, 0.717) is 18.8 Å². The van der Waals surface area contributed by atoms with Crippen LogP contribution in [0.4, 0.5) is 5.69 Å². The molecule has 1 aliphatic heterocycles. The van der Waals surface area contributed by atoms with E-state index in [1.165, 1.54) is 6.20 Å². The molecule has 0 radical (unpaired) electrons. The predicted octanol–water partition coefficient (Wildman–Crippen LogP) is 1.42. The zero-order chi connectivity index (χ0) is 12.8. The Morgan fingerprint density at radius 3 is 2.50 bits per heavy atom. The number of carbonyl (C=O) groups excluding carboxylic acids is 2. The van der Waals surface area contributed by atoms with Gasteiger partial charge in [-0.2, -0.15) is 0 Å². The number of anilines is 1. The topological polar surface area (TPSA) is 62.3 Å². The third-order valence-corrected chi connectivity index (χ3v) is 3.01. The minimum absolute atomic E-state index is 0.444. The van der Waals surface area contributed by atoms with E-state index in [4.69, 9.17) is 0 Å². The van der Waals surface area contributed by atoms with Crippen molar-refractivity contribution >= 4 is 17.5 Å². The number of pyridine rings is 1. The minimum Gasteiger partial charge on any atom is -0.334 e. The second-order valence-corrected chi connectivity index (χ2v) is 4.40. The highest BCUT2D eigenvalue weighted by Gasteiger charge is 2.22. The lowest BCUT2D eigenvalue weighted by molar-refractivity contribution is -0.143. The van der Waals surface area contributed by atoms with Crippen molar-refractivity contribution in [2.24, 2.45) is 0 Å². The molecule has 5 nitrogen and oxygen atoms in total. The highest BCUT2D eigenvalue weighted by atomic mass is 16.2. The molecular formula is C13H17N3O2. The Bertz CT molecular complexity index is 412. The third-order valence-electron chi connectivity index (χ3n) is 3.01. The molecule has 1 aromatic heterocycles. The van der Waals surface area contributed by atoms with Crippen molar-refractivity contribution in [3.05, 3.63) is 24.5 Å². The molecule has 0 unspecified atom stereocenters. The Hall–Kier alpha value is -1.91. The maximum Gasteiger partial charge on any atom is 0.313 e. The van der Waals surface area contributed by atoms with Crippen LogP contribution in [-0.4, -0.2) is 34.8 Å². The fourth-order valence-electron chi connectivity index (χ4n) is 2.04. The van der Waals surface area contributed by atoms with Crippen molar-refractivity contribution in [2.75, 3.05) is 18.4 Å². The van der Waals surface area contributed by atoms with Crippen LogP contribution in [0.5, 0.6) is 0 Å². The van der Waals surface area contributed by atoms with Crippen molar-refractivity contribution in [1.29, 1.82) is 0 Å². The molecule has 0 spiro atoms. The van der Waals surface area contributed by atoms with E-state index >= 15 is 0 Å². The Morgan fingerprint density at radius 1 is 1.17 bits per heavy atom. The summed E-state index contributed by atoms with van der Waals surface area (Å²) in [5, 5.41) is 2.57. The van der Waals surface area contributed by atoms with Gasteiger partial charge in [0, 0.05) is 19.3 Å².